The maximum absolute atomic E-state index is 11.7. The van der Waals surface area contributed by atoms with Crippen LogP contribution in [-0.4, -0.2) is 27.1 Å². The van der Waals surface area contributed by atoms with Gasteiger partial charge in [0.05, 0.1) is 6.61 Å². The van der Waals surface area contributed by atoms with Crippen molar-refractivity contribution in [1.82, 2.24) is 14.8 Å². The maximum Gasteiger partial charge on any atom is 0.343 e. The maximum atomic E-state index is 11.7. The summed E-state index contributed by atoms with van der Waals surface area (Å²) in [6.07, 6.45) is 2.96. The van der Waals surface area contributed by atoms with E-state index >= 15 is 0 Å². The van der Waals surface area contributed by atoms with Gasteiger partial charge < -0.3 is 4.74 Å². The van der Waals surface area contributed by atoms with Crippen molar-refractivity contribution in [3.8, 4) is 5.75 Å². The molecule has 0 aliphatic carbocycles. The lowest BCUT2D eigenvalue weighted by atomic mass is 10.1. The quantitative estimate of drug-likeness (QED) is 0.562. The van der Waals surface area contributed by atoms with Crippen molar-refractivity contribution >= 4 is 11.8 Å². The van der Waals surface area contributed by atoms with Gasteiger partial charge in [-0.25, -0.2) is 9.89 Å². The van der Waals surface area contributed by atoms with Gasteiger partial charge in [-0.3, -0.25) is 4.57 Å². The zero-order valence-corrected chi connectivity index (χ0v) is 14.9. The summed E-state index contributed by atoms with van der Waals surface area (Å²) in [5, 5.41) is 7.40. The van der Waals surface area contributed by atoms with E-state index in [9.17, 15) is 4.79 Å². The van der Waals surface area contributed by atoms with Crippen LogP contribution in [0.1, 0.15) is 37.3 Å². The van der Waals surface area contributed by atoms with E-state index in [1.807, 2.05) is 0 Å². The molecule has 0 radical (unpaired) electrons. The highest BCUT2D eigenvalue weighted by Gasteiger charge is 2.08. The molecule has 1 aromatic carbocycles. The van der Waals surface area contributed by atoms with Gasteiger partial charge in [0.15, 0.2) is 5.16 Å². The van der Waals surface area contributed by atoms with Crippen LogP contribution in [0.15, 0.2) is 28.2 Å². The molecule has 0 amide bonds. The molecule has 2 aromatic rings. The van der Waals surface area contributed by atoms with Crippen LogP contribution in [-0.2, 0) is 6.54 Å². The van der Waals surface area contributed by atoms with Crippen molar-refractivity contribution in [3.05, 3.63) is 39.8 Å². The van der Waals surface area contributed by atoms with Crippen LogP contribution in [0.25, 0.3) is 0 Å². The van der Waals surface area contributed by atoms with Crippen LogP contribution in [0.5, 0.6) is 5.75 Å². The second-order valence-corrected chi connectivity index (χ2v) is 6.70. The molecule has 2 rings (SSSR count). The SMILES string of the molecule is CCCCn1c(SCCCOc2cc(C)ccc2C)n[nH]c1=O. The number of H-pyrrole nitrogens is 1. The Morgan fingerprint density at radius 1 is 1.30 bits per heavy atom. The van der Waals surface area contributed by atoms with E-state index in [1.54, 1.807) is 16.3 Å². The van der Waals surface area contributed by atoms with E-state index in [1.165, 1.54) is 5.56 Å². The van der Waals surface area contributed by atoms with Gasteiger partial charge in [-0.15, -0.1) is 5.10 Å². The Balaban J connectivity index is 1.77. The van der Waals surface area contributed by atoms with Gasteiger partial charge in [0.2, 0.25) is 0 Å². The van der Waals surface area contributed by atoms with Gasteiger partial charge in [0.1, 0.15) is 5.75 Å². The molecule has 0 bridgehead atoms. The Kier molecular flexibility index (Phi) is 6.77. The molecule has 23 heavy (non-hydrogen) atoms. The molecule has 1 aromatic heterocycles. The number of aromatic amines is 1. The molecule has 0 atom stereocenters. The fraction of sp³-hybridized carbons (Fsp3) is 0.529. The lowest BCUT2D eigenvalue weighted by Gasteiger charge is -2.10. The second-order valence-electron chi connectivity index (χ2n) is 5.64. The molecule has 6 heteroatoms. The molecule has 0 fully saturated rings. The third-order valence-electron chi connectivity index (χ3n) is 3.58. The normalized spacial score (nSPS) is 10.9. The molecule has 0 aliphatic rings. The van der Waals surface area contributed by atoms with Crippen molar-refractivity contribution in [1.29, 1.82) is 0 Å². The zero-order valence-electron chi connectivity index (χ0n) is 14.1. The lowest BCUT2D eigenvalue weighted by Crippen LogP contribution is -2.17. The van der Waals surface area contributed by atoms with Crippen molar-refractivity contribution < 1.29 is 4.74 Å². The number of ether oxygens (including phenoxy) is 1. The minimum absolute atomic E-state index is 0.118. The fourth-order valence-corrected chi connectivity index (χ4v) is 3.08. The van der Waals surface area contributed by atoms with Gasteiger partial charge >= 0.3 is 5.69 Å². The Bertz CT molecular complexity index is 679. The number of aryl methyl sites for hydroxylation is 2. The monoisotopic (exact) mass is 335 g/mol. The molecule has 0 saturated carbocycles. The van der Waals surface area contributed by atoms with E-state index < -0.39 is 0 Å². The topological polar surface area (TPSA) is 59.9 Å². The number of thioether (sulfide) groups is 1. The number of nitrogens with one attached hydrogen (secondary N) is 1. The van der Waals surface area contributed by atoms with Crippen LogP contribution in [0, 0.1) is 13.8 Å². The Morgan fingerprint density at radius 2 is 2.13 bits per heavy atom. The van der Waals surface area contributed by atoms with Crippen LogP contribution in [0.4, 0.5) is 0 Å². The summed E-state index contributed by atoms with van der Waals surface area (Å²) < 4.78 is 7.57. The predicted molar refractivity (Wildman–Crippen MR) is 94.5 cm³/mol. The summed E-state index contributed by atoms with van der Waals surface area (Å²) in [6.45, 7) is 7.63. The van der Waals surface area contributed by atoms with Gasteiger partial charge in [0, 0.05) is 12.3 Å². The van der Waals surface area contributed by atoms with E-state index in [0.717, 1.165) is 48.0 Å². The molecule has 1 N–H and O–H groups in total. The van der Waals surface area contributed by atoms with Crippen molar-refractivity contribution in [2.24, 2.45) is 0 Å². The van der Waals surface area contributed by atoms with Crippen LogP contribution >= 0.6 is 11.8 Å². The number of unbranched alkanes of at least 4 members (excludes halogenated alkanes) is 1. The highest BCUT2D eigenvalue weighted by Crippen LogP contribution is 2.20. The number of nitrogens with zero attached hydrogens (tertiary/aromatic N) is 2. The molecule has 126 valence electrons. The average molecular weight is 335 g/mol. The molecular formula is C17H25N3O2S. The van der Waals surface area contributed by atoms with Gasteiger partial charge in [-0.1, -0.05) is 37.2 Å². The molecule has 0 unspecified atom stereocenters. The summed E-state index contributed by atoms with van der Waals surface area (Å²) in [5.41, 5.74) is 2.24. The smallest absolute Gasteiger partial charge is 0.343 e. The third-order valence-corrected chi connectivity index (χ3v) is 4.64. The Morgan fingerprint density at radius 3 is 2.91 bits per heavy atom. The van der Waals surface area contributed by atoms with Crippen LogP contribution in [0.3, 0.4) is 0 Å². The van der Waals surface area contributed by atoms with E-state index in [2.05, 4.69) is 49.2 Å². The number of benzene rings is 1. The van der Waals surface area contributed by atoms with Gasteiger partial charge in [0.25, 0.3) is 0 Å². The highest BCUT2D eigenvalue weighted by atomic mass is 32.2. The van der Waals surface area contributed by atoms with Gasteiger partial charge in [-0.05, 0) is 43.9 Å². The van der Waals surface area contributed by atoms with E-state index in [0.29, 0.717) is 6.61 Å². The first-order valence-electron chi connectivity index (χ1n) is 8.10. The van der Waals surface area contributed by atoms with E-state index in [4.69, 9.17) is 4.74 Å². The summed E-state index contributed by atoms with van der Waals surface area (Å²) in [6, 6.07) is 6.24. The number of aromatic nitrogens is 3. The lowest BCUT2D eigenvalue weighted by molar-refractivity contribution is 0.316. The average Bonchev–Trinajstić information content (AvgIpc) is 2.88. The zero-order chi connectivity index (χ0) is 16.7. The van der Waals surface area contributed by atoms with Crippen molar-refractivity contribution in [2.45, 2.75) is 51.7 Å². The van der Waals surface area contributed by atoms with Crippen molar-refractivity contribution in [3.63, 3.8) is 0 Å². The van der Waals surface area contributed by atoms with E-state index in [-0.39, 0.29) is 5.69 Å². The summed E-state index contributed by atoms with van der Waals surface area (Å²) in [4.78, 5) is 11.7. The molecule has 5 nitrogen and oxygen atoms in total. The Hall–Kier alpha value is -1.69. The number of hydrogen-bond acceptors (Lipinski definition) is 4. The molecular weight excluding hydrogens is 310 g/mol. The number of hydrogen-bond donors (Lipinski definition) is 1. The first-order valence-corrected chi connectivity index (χ1v) is 9.08. The van der Waals surface area contributed by atoms with Crippen LogP contribution < -0.4 is 10.4 Å². The number of rotatable bonds is 9. The summed E-state index contributed by atoms with van der Waals surface area (Å²) in [5.74, 6) is 1.83. The first kappa shape index (κ1) is 17.7. The molecule has 0 saturated heterocycles. The molecule has 0 aliphatic heterocycles. The first-order chi connectivity index (χ1) is 11.1. The highest BCUT2D eigenvalue weighted by molar-refractivity contribution is 7.99. The minimum atomic E-state index is -0.118. The molecule has 1 heterocycles. The standard InChI is InChI=1S/C17H25N3O2S/c1-4-5-9-20-16(21)18-19-17(20)23-11-6-10-22-15-12-13(2)7-8-14(15)3/h7-8,12H,4-6,9-11H2,1-3H3,(H,18,21). The fourth-order valence-electron chi connectivity index (χ4n) is 2.19. The summed E-state index contributed by atoms with van der Waals surface area (Å²) >= 11 is 1.60. The predicted octanol–water partition coefficient (Wildman–Crippen LogP) is 3.55. The van der Waals surface area contributed by atoms with Crippen LogP contribution in [0.2, 0.25) is 0 Å². The molecule has 0 spiro atoms. The third kappa shape index (κ3) is 5.16. The van der Waals surface area contributed by atoms with Crippen molar-refractivity contribution in [2.75, 3.05) is 12.4 Å². The van der Waals surface area contributed by atoms with Gasteiger partial charge in [-0.2, -0.15) is 0 Å². The largest absolute Gasteiger partial charge is 0.493 e. The summed E-state index contributed by atoms with van der Waals surface area (Å²) in [7, 11) is 0. The Labute approximate surface area is 141 Å². The second kappa shape index (κ2) is 8.82. The minimum Gasteiger partial charge on any atom is -0.493 e.